The molecule has 0 saturated carbocycles. The zero-order chi connectivity index (χ0) is 13.1. The van der Waals surface area contributed by atoms with Gasteiger partial charge in [0.25, 0.3) is 0 Å². The Kier molecular flexibility index (Phi) is 4.34. The van der Waals surface area contributed by atoms with E-state index in [9.17, 15) is 0 Å². The third-order valence-corrected chi connectivity index (χ3v) is 2.69. The lowest BCUT2D eigenvalue weighted by atomic mass is 9.93. The number of aryl methyl sites for hydroxylation is 1. The van der Waals surface area contributed by atoms with Crippen molar-refractivity contribution < 1.29 is 0 Å². The van der Waals surface area contributed by atoms with Gasteiger partial charge in [0, 0.05) is 19.3 Å². The molecular weight excluding hydrogens is 212 g/mol. The molecule has 96 valence electrons. The van der Waals surface area contributed by atoms with Gasteiger partial charge >= 0.3 is 0 Å². The zero-order valence-electron chi connectivity index (χ0n) is 11.5. The molecule has 0 unspecified atom stereocenters. The molecular formula is C13H24N4. The fourth-order valence-electron chi connectivity index (χ4n) is 1.95. The van der Waals surface area contributed by atoms with Crippen molar-refractivity contribution in [2.24, 2.45) is 5.41 Å². The van der Waals surface area contributed by atoms with Crippen molar-refractivity contribution >= 4 is 11.5 Å². The van der Waals surface area contributed by atoms with E-state index in [1.807, 2.05) is 13.0 Å². The summed E-state index contributed by atoms with van der Waals surface area (Å²) in [6, 6.07) is 1.92. The van der Waals surface area contributed by atoms with Crippen molar-refractivity contribution in [3.63, 3.8) is 0 Å². The Morgan fingerprint density at radius 3 is 2.65 bits per heavy atom. The first-order valence-corrected chi connectivity index (χ1v) is 5.91. The molecule has 3 N–H and O–H groups in total. The Morgan fingerprint density at radius 1 is 1.41 bits per heavy atom. The molecule has 1 aromatic heterocycles. The average Bonchev–Trinajstić information content (AvgIpc) is 2.18. The molecule has 4 nitrogen and oxygen atoms in total. The number of nitrogens with zero attached hydrogens (tertiary/aromatic N) is 2. The Morgan fingerprint density at radius 2 is 2.06 bits per heavy atom. The first-order chi connectivity index (χ1) is 7.82. The first kappa shape index (κ1) is 13.8. The summed E-state index contributed by atoms with van der Waals surface area (Å²) in [5.41, 5.74) is 7.97. The molecule has 0 radical (unpaired) electrons. The lowest BCUT2D eigenvalue weighted by molar-refractivity contribution is 0.254. The minimum Gasteiger partial charge on any atom is -0.396 e. The van der Waals surface area contributed by atoms with Crippen LogP contribution in [0.2, 0.25) is 0 Å². The Bertz CT molecular complexity index is 372. The molecule has 4 heteroatoms. The molecule has 0 fully saturated rings. The number of hydrogen-bond acceptors (Lipinski definition) is 4. The van der Waals surface area contributed by atoms with Crippen LogP contribution >= 0.6 is 0 Å². The second-order valence-electron chi connectivity index (χ2n) is 5.65. The summed E-state index contributed by atoms with van der Waals surface area (Å²) in [7, 11) is 4.17. The van der Waals surface area contributed by atoms with Crippen LogP contribution in [0.1, 0.15) is 19.4 Å². The number of nitrogen functional groups attached to an aromatic ring is 1. The van der Waals surface area contributed by atoms with Crippen LogP contribution < -0.4 is 11.1 Å². The Balaban J connectivity index is 2.64. The highest BCUT2D eigenvalue weighted by Crippen LogP contribution is 2.22. The minimum absolute atomic E-state index is 0.182. The summed E-state index contributed by atoms with van der Waals surface area (Å²) in [5, 5.41) is 3.34. The predicted octanol–water partition coefficient (Wildman–Crippen LogP) is 1.97. The third kappa shape index (κ3) is 4.23. The summed E-state index contributed by atoms with van der Waals surface area (Å²) in [6.45, 7) is 8.32. The number of aromatic nitrogens is 1. The van der Waals surface area contributed by atoms with Crippen LogP contribution in [0.15, 0.2) is 12.3 Å². The van der Waals surface area contributed by atoms with Crippen molar-refractivity contribution in [2.75, 3.05) is 38.2 Å². The summed E-state index contributed by atoms with van der Waals surface area (Å²) >= 11 is 0. The Hall–Kier alpha value is -1.29. The number of nitrogens with two attached hydrogens (primary N) is 1. The molecule has 0 saturated heterocycles. The van der Waals surface area contributed by atoms with Crippen molar-refractivity contribution in [3.05, 3.63) is 17.8 Å². The van der Waals surface area contributed by atoms with Crippen LogP contribution in [0, 0.1) is 12.3 Å². The molecule has 1 rings (SSSR count). The molecule has 0 aliphatic rings. The van der Waals surface area contributed by atoms with Gasteiger partial charge in [0.05, 0.1) is 5.69 Å². The molecule has 0 aliphatic carbocycles. The van der Waals surface area contributed by atoms with Gasteiger partial charge in [-0.15, -0.1) is 0 Å². The van der Waals surface area contributed by atoms with E-state index in [2.05, 4.69) is 43.1 Å². The van der Waals surface area contributed by atoms with Crippen LogP contribution in [0.4, 0.5) is 11.5 Å². The SMILES string of the molecule is Cc1ccnc(NCC(C)(C)CN(C)C)c1N. The van der Waals surface area contributed by atoms with E-state index in [4.69, 9.17) is 5.73 Å². The number of rotatable bonds is 5. The van der Waals surface area contributed by atoms with Crippen LogP contribution in [0.3, 0.4) is 0 Å². The molecule has 1 aromatic rings. The largest absolute Gasteiger partial charge is 0.396 e. The number of nitrogens with one attached hydrogen (secondary N) is 1. The van der Waals surface area contributed by atoms with E-state index in [0.29, 0.717) is 0 Å². The van der Waals surface area contributed by atoms with E-state index in [1.165, 1.54) is 0 Å². The third-order valence-electron chi connectivity index (χ3n) is 2.69. The number of anilines is 2. The molecule has 0 bridgehead atoms. The lowest BCUT2D eigenvalue weighted by Crippen LogP contribution is -2.34. The molecule has 17 heavy (non-hydrogen) atoms. The normalized spacial score (nSPS) is 11.9. The summed E-state index contributed by atoms with van der Waals surface area (Å²) < 4.78 is 0. The highest BCUT2D eigenvalue weighted by Gasteiger charge is 2.19. The number of pyridine rings is 1. The fourth-order valence-corrected chi connectivity index (χ4v) is 1.95. The van der Waals surface area contributed by atoms with Gasteiger partial charge in [-0.05, 0) is 38.1 Å². The second kappa shape index (κ2) is 5.36. The summed E-state index contributed by atoms with van der Waals surface area (Å²) in [4.78, 5) is 6.46. The first-order valence-electron chi connectivity index (χ1n) is 5.91. The quantitative estimate of drug-likeness (QED) is 0.820. The van der Waals surface area contributed by atoms with Crippen molar-refractivity contribution in [2.45, 2.75) is 20.8 Å². The topological polar surface area (TPSA) is 54.2 Å². The molecule has 0 atom stereocenters. The van der Waals surface area contributed by atoms with Gasteiger partial charge in [0.1, 0.15) is 5.82 Å². The molecule has 0 spiro atoms. The van der Waals surface area contributed by atoms with Gasteiger partial charge in [-0.3, -0.25) is 0 Å². The number of hydrogen-bond donors (Lipinski definition) is 2. The maximum absolute atomic E-state index is 5.98. The maximum atomic E-state index is 5.98. The second-order valence-corrected chi connectivity index (χ2v) is 5.65. The van der Waals surface area contributed by atoms with Gasteiger partial charge in [-0.2, -0.15) is 0 Å². The van der Waals surface area contributed by atoms with E-state index in [-0.39, 0.29) is 5.41 Å². The standard InChI is InChI=1S/C13H24N4/c1-10-6-7-15-12(11(10)14)16-8-13(2,3)9-17(4)5/h6-7H,8-9,14H2,1-5H3,(H,15,16). The van der Waals surface area contributed by atoms with Crippen LogP contribution in [0.25, 0.3) is 0 Å². The van der Waals surface area contributed by atoms with Crippen molar-refractivity contribution in [1.29, 1.82) is 0 Å². The smallest absolute Gasteiger partial charge is 0.149 e. The maximum Gasteiger partial charge on any atom is 0.149 e. The van der Waals surface area contributed by atoms with E-state index >= 15 is 0 Å². The van der Waals surface area contributed by atoms with Crippen LogP contribution in [-0.2, 0) is 0 Å². The van der Waals surface area contributed by atoms with Crippen molar-refractivity contribution in [1.82, 2.24) is 9.88 Å². The molecule has 0 aliphatic heterocycles. The summed E-state index contributed by atoms with van der Waals surface area (Å²) in [6.07, 6.45) is 1.78. The fraction of sp³-hybridized carbons (Fsp3) is 0.615. The lowest BCUT2D eigenvalue weighted by Gasteiger charge is -2.28. The van der Waals surface area contributed by atoms with Gasteiger partial charge in [-0.25, -0.2) is 4.98 Å². The van der Waals surface area contributed by atoms with Crippen molar-refractivity contribution in [3.8, 4) is 0 Å². The minimum atomic E-state index is 0.182. The monoisotopic (exact) mass is 236 g/mol. The molecule has 0 aromatic carbocycles. The van der Waals surface area contributed by atoms with E-state index < -0.39 is 0 Å². The zero-order valence-corrected chi connectivity index (χ0v) is 11.5. The van der Waals surface area contributed by atoms with Gasteiger partial charge in [0.2, 0.25) is 0 Å². The molecule has 0 amide bonds. The van der Waals surface area contributed by atoms with E-state index in [1.54, 1.807) is 6.20 Å². The highest BCUT2D eigenvalue weighted by atomic mass is 15.1. The molecule has 1 heterocycles. The van der Waals surface area contributed by atoms with Gasteiger partial charge < -0.3 is 16.0 Å². The van der Waals surface area contributed by atoms with E-state index in [0.717, 1.165) is 30.2 Å². The summed E-state index contributed by atoms with van der Waals surface area (Å²) in [5.74, 6) is 0.789. The van der Waals surface area contributed by atoms with Gasteiger partial charge in [-0.1, -0.05) is 13.8 Å². The predicted molar refractivity (Wildman–Crippen MR) is 74.2 cm³/mol. The van der Waals surface area contributed by atoms with Gasteiger partial charge in [0.15, 0.2) is 0 Å². The highest BCUT2D eigenvalue weighted by molar-refractivity contribution is 5.64. The Labute approximate surface area is 104 Å². The average molecular weight is 236 g/mol. The van der Waals surface area contributed by atoms with Crippen LogP contribution in [-0.4, -0.2) is 37.1 Å². The van der Waals surface area contributed by atoms with Crippen LogP contribution in [0.5, 0.6) is 0 Å².